The van der Waals surface area contributed by atoms with Gasteiger partial charge in [0, 0.05) is 19.2 Å². The predicted molar refractivity (Wildman–Crippen MR) is 179 cm³/mol. The van der Waals surface area contributed by atoms with Crippen molar-refractivity contribution in [1.29, 1.82) is 0 Å². The maximum Gasteiger partial charge on any atom is 0.407 e. The van der Waals surface area contributed by atoms with Gasteiger partial charge >= 0.3 is 6.09 Å². The van der Waals surface area contributed by atoms with Crippen LogP contribution in [-0.4, -0.2) is 60.8 Å². The van der Waals surface area contributed by atoms with Gasteiger partial charge in [-0.3, -0.25) is 9.59 Å². The van der Waals surface area contributed by atoms with Crippen LogP contribution in [0.2, 0.25) is 0 Å². The van der Waals surface area contributed by atoms with Crippen LogP contribution in [0, 0.1) is 13.8 Å². The molecule has 244 valence electrons. The molecule has 0 saturated heterocycles. The maximum atomic E-state index is 13.6. The predicted octanol–water partition coefficient (Wildman–Crippen LogP) is 6.79. The van der Waals surface area contributed by atoms with Gasteiger partial charge in [0.25, 0.3) is 11.8 Å². The average Bonchev–Trinajstić information content (AvgIpc) is 3.39. The molecule has 0 radical (unpaired) electrons. The molecule has 0 saturated carbocycles. The minimum atomic E-state index is -0.526. The number of methoxy groups -OCH3 is 1. The summed E-state index contributed by atoms with van der Waals surface area (Å²) in [5.41, 5.74) is 3.69. The van der Waals surface area contributed by atoms with Gasteiger partial charge in [-0.2, -0.15) is 0 Å². The summed E-state index contributed by atoms with van der Waals surface area (Å²) in [5.74, 6) is 1.05. The number of ether oxygens (including phenoxy) is 3. The number of alkyl carbamates (subject to hydrolysis) is 1. The number of aryl methyl sites for hydroxylation is 2. The van der Waals surface area contributed by atoms with Gasteiger partial charge in [0.15, 0.2) is 0 Å². The summed E-state index contributed by atoms with van der Waals surface area (Å²) in [6.45, 7) is 10.3. The molecule has 0 bridgehead atoms. The number of unbranched alkanes of at least 4 members (excludes halogenated alkanes) is 2. The topological polar surface area (TPSA) is 135 Å². The first-order chi connectivity index (χ1) is 21.9. The summed E-state index contributed by atoms with van der Waals surface area (Å²) in [7, 11) is 3.18. The van der Waals surface area contributed by atoms with E-state index in [1.807, 2.05) is 58.9 Å². The number of aromatic nitrogens is 2. The second-order valence-electron chi connectivity index (χ2n) is 12.1. The fourth-order valence-electron chi connectivity index (χ4n) is 4.86. The standard InChI is InChI=1S/C35H43N5O6/c1-22-14-17-28(30(20-22)45-19-10-8-9-18-36-34(43)46-35(3,4)5)40(6)33(42)24-15-16-26(29(21-24)44-7)39-32(41)25-12-11-13-27-31(25)38-23(2)37-27/h11-17,20-21H,8-10,18-19H2,1-7H3,(H,36,43)(H,37,38)(H,39,41). The quantitative estimate of drug-likeness (QED) is 0.147. The number of nitrogens with one attached hydrogen (secondary N) is 3. The van der Waals surface area contributed by atoms with Crippen molar-refractivity contribution in [2.24, 2.45) is 0 Å². The van der Waals surface area contributed by atoms with Crippen LogP contribution < -0.4 is 25.0 Å². The number of imidazole rings is 1. The molecule has 0 fully saturated rings. The fraction of sp³-hybridized carbons (Fsp3) is 0.371. The number of H-pyrrole nitrogens is 1. The van der Waals surface area contributed by atoms with E-state index in [2.05, 4.69) is 20.6 Å². The highest BCUT2D eigenvalue weighted by molar-refractivity contribution is 6.12. The molecule has 11 nitrogen and oxygen atoms in total. The Balaban J connectivity index is 1.38. The molecular formula is C35H43N5O6. The van der Waals surface area contributed by atoms with E-state index >= 15 is 0 Å². The first kappa shape index (κ1) is 33.8. The summed E-state index contributed by atoms with van der Waals surface area (Å²) in [5, 5.41) is 5.65. The van der Waals surface area contributed by atoms with Crippen molar-refractivity contribution >= 4 is 40.3 Å². The number of carbonyl (C=O) groups is 3. The van der Waals surface area contributed by atoms with E-state index in [0.29, 0.717) is 58.5 Å². The Labute approximate surface area is 269 Å². The highest BCUT2D eigenvalue weighted by Crippen LogP contribution is 2.32. The number of rotatable bonds is 12. The van der Waals surface area contributed by atoms with Crippen LogP contribution in [0.5, 0.6) is 11.5 Å². The molecule has 11 heteroatoms. The molecule has 0 aliphatic rings. The fourth-order valence-corrected chi connectivity index (χ4v) is 4.86. The molecule has 3 aromatic carbocycles. The van der Waals surface area contributed by atoms with Crippen molar-refractivity contribution in [2.45, 2.75) is 59.5 Å². The van der Waals surface area contributed by atoms with Crippen LogP contribution in [0.1, 0.15) is 72.1 Å². The van der Waals surface area contributed by atoms with Gasteiger partial charge < -0.3 is 34.7 Å². The van der Waals surface area contributed by atoms with E-state index in [-0.39, 0.29) is 11.8 Å². The van der Waals surface area contributed by atoms with E-state index < -0.39 is 11.7 Å². The first-order valence-corrected chi connectivity index (χ1v) is 15.3. The van der Waals surface area contributed by atoms with Gasteiger partial charge in [-0.15, -0.1) is 0 Å². The number of hydrogen-bond acceptors (Lipinski definition) is 7. The van der Waals surface area contributed by atoms with E-state index in [0.717, 1.165) is 30.3 Å². The third-order valence-electron chi connectivity index (χ3n) is 7.10. The smallest absolute Gasteiger partial charge is 0.407 e. The molecule has 0 atom stereocenters. The Bertz CT molecular complexity index is 1710. The zero-order valence-corrected chi connectivity index (χ0v) is 27.6. The highest BCUT2D eigenvalue weighted by atomic mass is 16.6. The van der Waals surface area contributed by atoms with Crippen molar-refractivity contribution in [3.8, 4) is 11.5 Å². The lowest BCUT2D eigenvalue weighted by molar-refractivity contribution is 0.0526. The molecule has 4 rings (SSSR count). The lowest BCUT2D eigenvalue weighted by atomic mass is 10.1. The summed E-state index contributed by atoms with van der Waals surface area (Å²) in [6.07, 6.45) is 2.00. The number of benzene rings is 3. The molecule has 4 aromatic rings. The van der Waals surface area contributed by atoms with Gasteiger partial charge in [0.2, 0.25) is 0 Å². The second kappa shape index (κ2) is 14.8. The molecule has 3 amide bonds. The Morgan fingerprint density at radius 1 is 0.957 bits per heavy atom. The van der Waals surface area contributed by atoms with E-state index in [1.165, 1.54) is 12.0 Å². The SMILES string of the molecule is COc1cc(C(=O)N(C)c2ccc(C)cc2OCCCCCNC(=O)OC(C)(C)C)ccc1NC(=O)c1cccc2[nH]c(C)nc12. The van der Waals surface area contributed by atoms with Crippen LogP contribution in [0.3, 0.4) is 0 Å². The number of hydrogen-bond donors (Lipinski definition) is 3. The second-order valence-corrected chi connectivity index (χ2v) is 12.1. The molecule has 0 aliphatic heterocycles. The number of aromatic amines is 1. The number of para-hydroxylation sites is 1. The minimum absolute atomic E-state index is 0.269. The van der Waals surface area contributed by atoms with Crippen LogP contribution in [0.25, 0.3) is 11.0 Å². The molecule has 0 spiro atoms. The van der Waals surface area contributed by atoms with E-state index in [4.69, 9.17) is 14.2 Å². The first-order valence-electron chi connectivity index (χ1n) is 15.3. The van der Waals surface area contributed by atoms with Gasteiger partial charge in [0.05, 0.1) is 36.2 Å². The average molecular weight is 630 g/mol. The van der Waals surface area contributed by atoms with Gasteiger partial charge in [-0.25, -0.2) is 9.78 Å². The molecule has 46 heavy (non-hydrogen) atoms. The molecule has 1 aromatic heterocycles. The molecule has 1 heterocycles. The maximum absolute atomic E-state index is 13.6. The van der Waals surface area contributed by atoms with Crippen molar-refractivity contribution in [2.75, 3.05) is 37.5 Å². The van der Waals surface area contributed by atoms with Crippen molar-refractivity contribution in [1.82, 2.24) is 15.3 Å². The summed E-state index contributed by atoms with van der Waals surface area (Å²) in [6, 6.07) is 16.0. The normalized spacial score (nSPS) is 11.2. The van der Waals surface area contributed by atoms with Crippen molar-refractivity contribution < 1.29 is 28.6 Å². The summed E-state index contributed by atoms with van der Waals surface area (Å²) >= 11 is 0. The Hall–Kier alpha value is -5.06. The third-order valence-corrected chi connectivity index (χ3v) is 7.10. The van der Waals surface area contributed by atoms with Crippen LogP contribution >= 0.6 is 0 Å². The van der Waals surface area contributed by atoms with Crippen molar-refractivity contribution in [3.05, 3.63) is 77.1 Å². The number of carbonyl (C=O) groups excluding carboxylic acids is 3. The minimum Gasteiger partial charge on any atom is -0.495 e. The molecule has 3 N–H and O–H groups in total. The molecular weight excluding hydrogens is 586 g/mol. The Kier molecular flexibility index (Phi) is 10.9. The number of anilines is 2. The lowest BCUT2D eigenvalue weighted by Crippen LogP contribution is -2.33. The largest absolute Gasteiger partial charge is 0.495 e. The zero-order chi connectivity index (χ0) is 33.4. The Morgan fingerprint density at radius 2 is 1.74 bits per heavy atom. The van der Waals surface area contributed by atoms with Gasteiger partial charge in [0.1, 0.15) is 28.4 Å². The number of amides is 3. The van der Waals surface area contributed by atoms with Gasteiger partial charge in [-0.1, -0.05) is 12.1 Å². The monoisotopic (exact) mass is 629 g/mol. The van der Waals surface area contributed by atoms with Crippen LogP contribution in [-0.2, 0) is 4.74 Å². The van der Waals surface area contributed by atoms with Crippen LogP contribution in [0.4, 0.5) is 16.2 Å². The molecule has 0 unspecified atom stereocenters. The highest BCUT2D eigenvalue weighted by Gasteiger charge is 2.21. The van der Waals surface area contributed by atoms with E-state index in [9.17, 15) is 14.4 Å². The lowest BCUT2D eigenvalue weighted by Gasteiger charge is -2.22. The summed E-state index contributed by atoms with van der Waals surface area (Å²) < 4.78 is 16.9. The van der Waals surface area contributed by atoms with Gasteiger partial charge in [-0.05, 0) is 102 Å². The summed E-state index contributed by atoms with van der Waals surface area (Å²) in [4.78, 5) is 47.7. The molecule has 0 aliphatic carbocycles. The number of nitrogens with zero attached hydrogens (tertiary/aromatic N) is 2. The third kappa shape index (κ3) is 8.77. The Morgan fingerprint density at radius 3 is 2.48 bits per heavy atom. The van der Waals surface area contributed by atoms with Crippen molar-refractivity contribution in [3.63, 3.8) is 0 Å². The van der Waals surface area contributed by atoms with E-state index in [1.54, 1.807) is 37.4 Å². The van der Waals surface area contributed by atoms with Crippen LogP contribution in [0.15, 0.2) is 54.6 Å². The zero-order valence-electron chi connectivity index (χ0n) is 27.6. The number of fused-ring (bicyclic) bond motifs is 1.